The summed E-state index contributed by atoms with van der Waals surface area (Å²) in [4.78, 5) is 19.0. The highest BCUT2D eigenvalue weighted by atomic mass is 35.5. The number of hydrogen-bond donors (Lipinski definition) is 1. The molecule has 30 heavy (non-hydrogen) atoms. The predicted molar refractivity (Wildman–Crippen MR) is 120 cm³/mol. The minimum atomic E-state index is -0.0230. The third-order valence-corrected chi connectivity index (χ3v) is 5.47. The molecule has 0 aliphatic carbocycles. The fourth-order valence-corrected chi connectivity index (χ4v) is 3.52. The second kappa shape index (κ2) is 11.0. The first-order chi connectivity index (χ1) is 14.6. The van der Waals surface area contributed by atoms with Gasteiger partial charge in [0.25, 0.3) is 0 Å². The molecule has 1 heterocycles. The topological polar surface area (TPSA) is 58.4 Å². The molecule has 0 aliphatic rings. The number of nitrogens with one attached hydrogen (secondary N) is 1. The monoisotopic (exact) mass is 425 g/mol. The normalized spacial score (nSPS) is 11.1. The molecular weight excluding hydrogens is 398 g/mol. The third-order valence-electron chi connectivity index (χ3n) is 5.14. The highest BCUT2D eigenvalue weighted by Gasteiger charge is 2.12. The average Bonchev–Trinajstić information content (AvgIpc) is 3.24. The zero-order valence-corrected chi connectivity index (χ0v) is 18.3. The molecule has 0 atom stereocenters. The Kier molecular flexibility index (Phi) is 8.05. The Labute approximate surface area is 183 Å². The lowest BCUT2D eigenvalue weighted by molar-refractivity contribution is -0.121. The lowest BCUT2D eigenvalue weighted by atomic mass is 10.1. The Hall–Kier alpha value is -2.63. The SMILES string of the molecule is CCN(CC)Cc1ccccc1CNC(=O)CCc1ncc(-c2ccccc2Cl)o1. The Morgan fingerprint density at radius 2 is 1.77 bits per heavy atom. The Bertz CT molecular complexity index is 966. The first-order valence-corrected chi connectivity index (χ1v) is 10.7. The van der Waals surface area contributed by atoms with Crippen molar-refractivity contribution in [2.24, 2.45) is 0 Å². The second-order valence-electron chi connectivity index (χ2n) is 7.10. The lowest BCUT2D eigenvalue weighted by Gasteiger charge is -2.20. The number of aromatic nitrogens is 1. The van der Waals surface area contributed by atoms with Crippen LogP contribution >= 0.6 is 11.6 Å². The standard InChI is InChI=1S/C24H28ClN3O2/c1-3-28(4-2)17-19-10-6-5-9-18(19)15-26-23(29)13-14-24-27-16-22(30-24)20-11-7-8-12-21(20)25/h5-12,16H,3-4,13-15,17H2,1-2H3,(H,26,29). The molecule has 0 aliphatic heterocycles. The molecule has 2 aromatic carbocycles. The van der Waals surface area contributed by atoms with Gasteiger partial charge in [-0.1, -0.05) is 61.8 Å². The summed E-state index contributed by atoms with van der Waals surface area (Å²) in [5.41, 5.74) is 3.20. The van der Waals surface area contributed by atoms with E-state index in [9.17, 15) is 4.79 Å². The van der Waals surface area contributed by atoms with Crippen molar-refractivity contribution in [3.8, 4) is 11.3 Å². The van der Waals surface area contributed by atoms with Crippen molar-refractivity contribution >= 4 is 17.5 Å². The van der Waals surface area contributed by atoms with Crippen LogP contribution in [0.25, 0.3) is 11.3 Å². The number of aryl methyl sites for hydroxylation is 1. The largest absolute Gasteiger partial charge is 0.441 e. The van der Waals surface area contributed by atoms with Crippen LogP contribution in [-0.2, 0) is 24.3 Å². The first-order valence-electron chi connectivity index (χ1n) is 10.4. The molecule has 1 N–H and O–H groups in total. The molecule has 0 radical (unpaired) electrons. The maximum Gasteiger partial charge on any atom is 0.220 e. The smallest absolute Gasteiger partial charge is 0.220 e. The van der Waals surface area contributed by atoms with Gasteiger partial charge in [-0.2, -0.15) is 0 Å². The Balaban J connectivity index is 1.52. The van der Waals surface area contributed by atoms with Crippen molar-refractivity contribution in [1.29, 1.82) is 0 Å². The number of rotatable bonds is 10. The quantitative estimate of drug-likeness (QED) is 0.491. The van der Waals surface area contributed by atoms with Crippen molar-refractivity contribution in [3.05, 3.63) is 76.8 Å². The number of oxazole rings is 1. The van der Waals surface area contributed by atoms with Gasteiger partial charge in [-0.05, 0) is 36.3 Å². The zero-order valence-electron chi connectivity index (χ0n) is 17.5. The van der Waals surface area contributed by atoms with Crippen molar-refractivity contribution in [3.63, 3.8) is 0 Å². The summed E-state index contributed by atoms with van der Waals surface area (Å²) < 4.78 is 5.77. The van der Waals surface area contributed by atoms with E-state index in [0.717, 1.165) is 30.8 Å². The molecule has 1 amide bonds. The van der Waals surface area contributed by atoms with Crippen LogP contribution in [0.1, 0.15) is 37.3 Å². The van der Waals surface area contributed by atoms with Gasteiger partial charge in [-0.15, -0.1) is 0 Å². The van der Waals surface area contributed by atoms with Crippen molar-refractivity contribution in [1.82, 2.24) is 15.2 Å². The van der Waals surface area contributed by atoms with Gasteiger partial charge in [0, 0.05) is 31.5 Å². The van der Waals surface area contributed by atoms with Gasteiger partial charge >= 0.3 is 0 Å². The van der Waals surface area contributed by atoms with Crippen LogP contribution in [0.2, 0.25) is 5.02 Å². The molecular formula is C24H28ClN3O2. The summed E-state index contributed by atoms with van der Waals surface area (Å²) in [6, 6.07) is 15.7. The molecule has 3 rings (SSSR count). The molecule has 1 aromatic heterocycles. The number of hydrogen-bond acceptors (Lipinski definition) is 4. The summed E-state index contributed by atoms with van der Waals surface area (Å²) in [7, 11) is 0. The van der Waals surface area contributed by atoms with E-state index >= 15 is 0 Å². The fraction of sp³-hybridized carbons (Fsp3) is 0.333. The van der Waals surface area contributed by atoms with Crippen molar-refractivity contribution < 1.29 is 9.21 Å². The number of nitrogens with zero attached hydrogens (tertiary/aromatic N) is 2. The molecule has 6 heteroatoms. The third kappa shape index (κ3) is 5.94. The maximum atomic E-state index is 12.4. The number of benzene rings is 2. The summed E-state index contributed by atoms with van der Waals surface area (Å²) in [6.07, 6.45) is 2.41. The van der Waals surface area contributed by atoms with E-state index in [1.165, 1.54) is 5.56 Å². The van der Waals surface area contributed by atoms with Crippen molar-refractivity contribution in [2.45, 2.75) is 39.8 Å². The molecule has 0 unspecified atom stereocenters. The summed E-state index contributed by atoms with van der Waals surface area (Å²) in [6.45, 7) is 7.74. The van der Waals surface area contributed by atoms with Gasteiger partial charge < -0.3 is 9.73 Å². The highest BCUT2D eigenvalue weighted by molar-refractivity contribution is 6.33. The summed E-state index contributed by atoms with van der Waals surface area (Å²) in [5.74, 6) is 1.12. The van der Waals surface area contributed by atoms with Crippen LogP contribution in [0, 0.1) is 0 Å². The summed E-state index contributed by atoms with van der Waals surface area (Å²) >= 11 is 6.20. The van der Waals surface area contributed by atoms with E-state index in [1.54, 1.807) is 6.20 Å². The summed E-state index contributed by atoms with van der Waals surface area (Å²) in [5, 5.41) is 3.63. The number of halogens is 1. The van der Waals surface area contributed by atoms with Crippen LogP contribution < -0.4 is 5.32 Å². The van der Waals surface area contributed by atoms with Crippen LogP contribution in [0.5, 0.6) is 0 Å². The Morgan fingerprint density at radius 3 is 2.50 bits per heavy atom. The number of amides is 1. The average molecular weight is 426 g/mol. The van der Waals surface area contributed by atoms with Crippen LogP contribution in [-0.4, -0.2) is 28.9 Å². The van der Waals surface area contributed by atoms with Crippen LogP contribution in [0.4, 0.5) is 0 Å². The molecule has 0 spiro atoms. The van der Waals surface area contributed by atoms with E-state index in [1.807, 2.05) is 36.4 Å². The van der Waals surface area contributed by atoms with E-state index in [-0.39, 0.29) is 5.91 Å². The first kappa shape index (κ1) is 22.1. The minimum Gasteiger partial charge on any atom is -0.441 e. The number of carbonyl (C=O) groups is 1. The van der Waals surface area contributed by atoms with Gasteiger partial charge in [-0.25, -0.2) is 4.98 Å². The fourth-order valence-electron chi connectivity index (χ4n) is 3.29. The molecule has 0 fully saturated rings. The van der Waals surface area contributed by atoms with Gasteiger partial charge in [0.05, 0.1) is 11.2 Å². The lowest BCUT2D eigenvalue weighted by Crippen LogP contribution is -2.26. The molecule has 5 nitrogen and oxygen atoms in total. The van der Waals surface area contributed by atoms with E-state index < -0.39 is 0 Å². The highest BCUT2D eigenvalue weighted by Crippen LogP contribution is 2.28. The predicted octanol–water partition coefficient (Wildman–Crippen LogP) is 5.09. The van der Waals surface area contributed by atoms with Gasteiger partial charge in [0.1, 0.15) is 0 Å². The maximum absolute atomic E-state index is 12.4. The van der Waals surface area contributed by atoms with E-state index in [4.69, 9.17) is 16.0 Å². The van der Waals surface area contributed by atoms with E-state index in [2.05, 4.69) is 41.2 Å². The van der Waals surface area contributed by atoms with Gasteiger partial charge in [-0.3, -0.25) is 9.69 Å². The zero-order chi connectivity index (χ0) is 21.3. The van der Waals surface area contributed by atoms with Crippen LogP contribution in [0.3, 0.4) is 0 Å². The second-order valence-corrected chi connectivity index (χ2v) is 7.51. The van der Waals surface area contributed by atoms with Crippen molar-refractivity contribution in [2.75, 3.05) is 13.1 Å². The van der Waals surface area contributed by atoms with Gasteiger partial charge in [0.15, 0.2) is 11.7 Å². The molecule has 158 valence electrons. The molecule has 0 bridgehead atoms. The van der Waals surface area contributed by atoms with Gasteiger partial charge in [0.2, 0.25) is 5.91 Å². The molecule has 0 saturated carbocycles. The Morgan fingerprint density at radius 1 is 1.07 bits per heavy atom. The minimum absolute atomic E-state index is 0.0230. The number of carbonyl (C=O) groups excluding carboxylic acids is 1. The van der Waals surface area contributed by atoms with E-state index in [0.29, 0.717) is 36.1 Å². The molecule has 0 saturated heterocycles. The van der Waals surface area contributed by atoms with Crippen LogP contribution in [0.15, 0.2) is 59.1 Å². The molecule has 3 aromatic rings.